The maximum absolute atomic E-state index is 8.95. The molecule has 0 atom stereocenters. The third-order valence-electron chi connectivity index (χ3n) is 1.13. The van der Waals surface area contributed by atoms with Crippen molar-refractivity contribution in [3.05, 3.63) is 29.8 Å². The minimum Gasteiger partial charge on any atom is -0.508 e. The molecule has 10 heavy (non-hydrogen) atoms. The highest BCUT2D eigenvalue weighted by Gasteiger charge is 1.94. The van der Waals surface area contributed by atoms with Gasteiger partial charge in [0.05, 0.1) is 0 Å². The molecular weight excluding hydrogens is 146 g/mol. The molecule has 0 amide bonds. The summed E-state index contributed by atoms with van der Waals surface area (Å²) in [5.74, 6) is 0.185. The molecule has 3 heteroatoms. The highest BCUT2D eigenvalue weighted by Crippen LogP contribution is 2.09. The Labute approximate surface area is 64.3 Å². The minimum absolute atomic E-state index is 0.185. The second-order valence-electron chi connectivity index (χ2n) is 1.91. The lowest BCUT2D eigenvalue weighted by Crippen LogP contribution is -2.08. The van der Waals surface area contributed by atoms with Gasteiger partial charge in [0.25, 0.3) is 0 Å². The molecule has 0 heterocycles. The van der Waals surface area contributed by atoms with Crippen molar-refractivity contribution in [1.82, 2.24) is 0 Å². The fourth-order valence-corrected chi connectivity index (χ4v) is 0.786. The number of aromatic hydroxyl groups is 1. The van der Waals surface area contributed by atoms with Gasteiger partial charge in [0.1, 0.15) is 10.7 Å². The van der Waals surface area contributed by atoms with Gasteiger partial charge in [-0.1, -0.05) is 24.4 Å². The van der Waals surface area contributed by atoms with Gasteiger partial charge < -0.3 is 10.8 Å². The quantitative estimate of drug-likeness (QED) is 0.592. The number of hydrogen-bond donors (Lipinski definition) is 2. The number of thiocarbonyl (C=S) groups is 1. The second-order valence-corrected chi connectivity index (χ2v) is 2.35. The van der Waals surface area contributed by atoms with Gasteiger partial charge in [-0.3, -0.25) is 0 Å². The molecule has 0 aromatic heterocycles. The lowest BCUT2D eigenvalue weighted by molar-refractivity contribution is 0.475. The zero-order chi connectivity index (χ0) is 7.56. The predicted octanol–water partition coefficient (Wildman–Crippen LogP) is 1.03. The Bertz CT molecular complexity index is 260. The molecule has 0 aliphatic rings. The first-order valence-electron chi connectivity index (χ1n) is 2.79. The summed E-state index contributed by atoms with van der Waals surface area (Å²) in [6.07, 6.45) is 0. The molecule has 1 aromatic carbocycles. The zero-order valence-corrected chi connectivity index (χ0v) is 6.06. The van der Waals surface area contributed by atoms with E-state index in [1.807, 2.05) is 0 Å². The molecule has 2 nitrogen and oxygen atoms in total. The maximum atomic E-state index is 8.95. The summed E-state index contributed by atoms with van der Waals surface area (Å²) in [7, 11) is 0. The lowest BCUT2D eigenvalue weighted by atomic mass is 10.2. The first-order chi connectivity index (χ1) is 4.70. The average molecular weight is 153 g/mol. The van der Waals surface area contributed by atoms with E-state index in [9.17, 15) is 0 Å². The minimum atomic E-state index is 0.185. The van der Waals surface area contributed by atoms with Crippen LogP contribution in [0.3, 0.4) is 0 Å². The molecule has 0 spiro atoms. The number of phenols is 1. The van der Waals surface area contributed by atoms with Crippen molar-refractivity contribution < 1.29 is 5.11 Å². The summed E-state index contributed by atoms with van der Waals surface area (Å²) >= 11 is 4.69. The highest BCUT2D eigenvalue weighted by molar-refractivity contribution is 7.80. The molecule has 1 rings (SSSR count). The van der Waals surface area contributed by atoms with Gasteiger partial charge in [-0.25, -0.2) is 0 Å². The van der Waals surface area contributed by atoms with E-state index >= 15 is 0 Å². The Balaban J connectivity index is 3.07. The van der Waals surface area contributed by atoms with Crippen molar-refractivity contribution in [1.29, 1.82) is 0 Å². The van der Waals surface area contributed by atoms with Crippen LogP contribution in [-0.4, -0.2) is 10.1 Å². The van der Waals surface area contributed by atoms with Crippen LogP contribution in [0, 0.1) is 0 Å². The molecule has 1 aromatic rings. The van der Waals surface area contributed by atoms with E-state index < -0.39 is 0 Å². The van der Waals surface area contributed by atoms with Crippen molar-refractivity contribution in [3.8, 4) is 5.75 Å². The van der Waals surface area contributed by atoms with Crippen LogP contribution in [0.2, 0.25) is 0 Å². The largest absolute Gasteiger partial charge is 0.508 e. The Morgan fingerprint density at radius 3 is 2.60 bits per heavy atom. The van der Waals surface area contributed by atoms with Gasteiger partial charge in [0, 0.05) is 5.56 Å². The van der Waals surface area contributed by atoms with Crippen LogP contribution in [0.5, 0.6) is 5.75 Å². The third-order valence-corrected chi connectivity index (χ3v) is 1.37. The third kappa shape index (κ3) is 1.45. The Kier molecular flexibility index (Phi) is 1.87. The summed E-state index contributed by atoms with van der Waals surface area (Å²) < 4.78 is 0. The van der Waals surface area contributed by atoms with Gasteiger partial charge in [-0.15, -0.1) is 0 Å². The molecule has 0 bridgehead atoms. The smallest absolute Gasteiger partial charge is 0.116 e. The molecule has 0 saturated carbocycles. The van der Waals surface area contributed by atoms with E-state index in [1.54, 1.807) is 18.2 Å². The fraction of sp³-hybridized carbons (Fsp3) is 0. The maximum Gasteiger partial charge on any atom is 0.116 e. The predicted molar refractivity (Wildman–Crippen MR) is 44.0 cm³/mol. The van der Waals surface area contributed by atoms with Crippen molar-refractivity contribution in [3.63, 3.8) is 0 Å². The van der Waals surface area contributed by atoms with Crippen molar-refractivity contribution in [2.45, 2.75) is 0 Å². The summed E-state index contributed by atoms with van der Waals surface area (Å²) in [6.45, 7) is 0. The number of phenolic OH excluding ortho intramolecular Hbond substituents is 1. The van der Waals surface area contributed by atoms with Crippen LogP contribution in [0.15, 0.2) is 24.3 Å². The van der Waals surface area contributed by atoms with E-state index in [1.165, 1.54) is 6.07 Å². The Hall–Kier alpha value is -1.09. The topological polar surface area (TPSA) is 46.2 Å². The number of nitrogens with two attached hydrogens (primary N) is 1. The highest BCUT2D eigenvalue weighted by atomic mass is 32.1. The van der Waals surface area contributed by atoms with E-state index in [-0.39, 0.29) is 5.75 Å². The molecular formula is C7H7NOS. The van der Waals surface area contributed by atoms with Crippen molar-refractivity contribution in [2.24, 2.45) is 5.73 Å². The Morgan fingerprint density at radius 1 is 1.50 bits per heavy atom. The SMILES string of the molecule is NC(=S)c1cccc(O)c1. The first-order valence-corrected chi connectivity index (χ1v) is 3.20. The molecule has 0 radical (unpaired) electrons. The summed E-state index contributed by atoms with van der Waals surface area (Å²) in [4.78, 5) is 0.302. The summed E-state index contributed by atoms with van der Waals surface area (Å²) in [5, 5.41) is 8.95. The van der Waals surface area contributed by atoms with Gasteiger partial charge in [-0.05, 0) is 12.1 Å². The molecule has 0 aliphatic heterocycles. The fourth-order valence-electron chi connectivity index (χ4n) is 0.659. The standard InChI is InChI=1S/C7H7NOS/c8-7(10)5-2-1-3-6(9)4-5/h1-4,9H,(H2,8,10). The lowest BCUT2D eigenvalue weighted by Gasteiger charge is -1.96. The first kappa shape index (κ1) is 7.02. The molecule has 0 unspecified atom stereocenters. The summed E-state index contributed by atoms with van der Waals surface area (Å²) in [5.41, 5.74) is 5.99. The van der Waals surface area contributed by atoms with Gasteiger partial charge in [0.2, 0.25) is 0 Å². The number of rotatable bonds is 1. The Morgan fingerprint density at radius 2 is 2.20 bits per heavy atom. The zero-order valence-electron chi connectivity index (χ0n) is 5.24. The van der Waals surface area contributed by atoms with Crippen LogP contribution in [-0.2, 0) is 0 Å². The van der Waals surface area contributed by atoms with E-state index in [4.69, 9.17) is 10.8 Å². The molecule has 52 valence electrons. The molecule has 0 aliphatic carbocycles. The van der Waals surface area contributed by atoms with Crippen LogP contribution < -0.4 is 5.73 Å². The molecule has 3 N–H and O–H groups in total. The van der Waals surface area contributed by atoms with Crippen LogP contribution in [0.1, 0.15) is 5.56 Å². The van der Waals surface area contributed by atoms with E-state index in [2.05, 4.69) is 12.2 Å². The van der Waals surface area contributed by atoms with Gasteiger partial charge >= 0.3 is 0 Å². The normalized spacial score (nSPS) is 9.20. The number of hydrogen-bond acceptors (Lipinski definition) is 2. The van der Waals surface area contributed by atoms with Crippen molar-refractivity contribution in [2.75, 3.05) is 0 Å². The monoisotopic (exact) mass is 153 g/mol. The van der Waals surface area contributed by atoms with Crippen LogP contribution >= 0.6 is 12.2 Å². The second kappa shape index (κ2) is 2.66. The van der Waals surface area contributed by atoms with Crippen molar-refractivity contribution >= 4 is 17.2 Å². The molecule has 0 fully saturated rings. The van der Waals surface area contributed by atoms with Crippen LogP contribution in [0.25, 0.3) is 0 Å². The molecule has 0 saturated heterocycles. The van der Waals surface area contributed by atoms with Crippen LogP contribution in [0.4, 0.5) is 0 Å². The van der Waals surface area contributed by atoms with Gasteiger partial charge in [-0.2, -0.15) is 0 Å². The number of benzene rings is 1. The van der Waals surface area contributed by atoms with E-state index in [0.717, 1.165) is 0 Å². The van der Waals surface area contributed by atoms with Gasteiger partial charge in [0.15, 0.2) is 0 Å². The summed E-state index contributed by atoms with van der Waals surface area (Å²) in [6, 6.07) is 6.55. The van der Waals surface area contributed by atoms with E-state index in [0.29, 0.717) is 10.6 Å². The average Bonchev–Trinajstić information content (AvgIpc) is 1.88.